The van der Waals surface area contributed by atoms with Crippen LogP contribution in [0.5, 0.6) is 0 Å². The van der Waals surface area contributed by atoms with Crippen molar-refractivity contribution < 1.29 is 19.6 Å². The summed E-state index contributed by atoms with van der Waals surface area (Å²) in [7, 11) is 1.52. The van der Waals surface area contributed by atoms with Gasteiger partial charge in [-0.15, -0.1) is 0 Å². The molecule has 0 saturated heterocycles. The van der Waals surface area contributed by atoms with Crippen molar-refractivity contribution in [2.45, 2.75) is 60.9 Å². The van der Waals surface area contributed by atoms with Gasteiger partial charge in [0.05, 0.1) is 11.8 Å². The summed E-state index contributed by atoms with van der Waals surface area (Å²) in [5.74, 6) is -2.50. The summed E-state index contributed by atoms with van der Waals surface area (Å²) < 4.78 is 0. The largest absolute Gasteiger partial charge is 0.357 e. The highest BCUT2D eigenvalue weighted by Gasteiger charge is 2.39. The third kappa shape index (κ3) is 7.02. The molecule has 146 valence electrons. The zero-order valence-corrected chi connectivity index (χ0v) is 16.8. The van der Waals surface area contributed by atoms with Gasteiger partial charge >= 0.3 is 0 Å². The van der Waals surface area contributed by atoms with Crippen LogP contribution in [0.15, 0.2) is 0 Å². The number of rotatable bonds is 8. The molecule has 0 aromatic rings. The van der Waals surface area contributed by atoms with Crippen molar-refractivity contribution in [3.05, 3.63) is 0 Å². The van der Waals surface area contributed by atoms with E-state index in [1.165, 1.54) is 7.05 Å². The van der Waals surface area contributed by atoms with Crippen LogP contribution in [0.3, 0.4) is 0 Å². The molecule has 3 atom stereocenters. The Kier molecular flexibility index (Phi) is 9.11. The molecular formula is C18H35N3O4. The van der Waals surface area contributed by atoms with Gasteiger partial charge in [-0.3, -0.25) is 19.6 Å². The van der Waals surface area contributed by atoms with Crippen molar-refractivity contribution >= 4 is 17.7 Å². The highest BCUT2D eigenvalue weighted by molar-refractivity contribution is 5.91. The molecule has 7 nitrogen and oxygen atoms in total. The van der Waals surface area contributed by atoms with Crippen LogP contribution in [0.4, 0.5) is 0 Å². The topological polar surface area (TPSA) is 108 Å². The first-order valence-corrected chi connectivity index (χ1v) is 8.82. The number of hydrogen-bond donors (Lipinski definition) is 4. The number of carbonyl (C=O) groups is 3. The van der Waals surface area contributed by atoms with Gasteiger partial charge in [0.15, 0.2) is 0 Å². The van der Waals surface area contributed by atoms with Crippen LogP contribution < -0.4 is 16.1 Å². The Hall–Kier alpha value is -1.63. The minimum absolute atomic E-state index is 0.144. The number of carbonyl (C=O) groups excluding carboxylic acids is 3. The van der Waals surface area contributed by atoms with Crippen molar-refractivity contribution in [2.24, 2.45) is 29.1 Å². The molecule has 0 aromatic carbocycles. The Bertz CT molecular complexity index is 469. The van der Waals surface area contributed by atoms with E-state index in [0.29, 0.717) is 6.42 Å². The average molecular weight is 357 g/mol. The van der Waals surface area contributed by atoms with Crippen LogP contribution in [-0.2, 0) is 14.4 Å². The summed E-state index contributed by atoms with van der Waals surface area (Å²) in [4.78, 5) is 37.3. The van der Waals surface area contributed by atoms with Crippen LogP contribution in [-0.4, -0.2) is 36.0 Å². The molecule has 0 fully saturated rings. The maximum atomic E-state index is 13.0. The first kappa shape index (κ1) is 23.4. The molecule has 0 aliphatic heterocycles. The standard InChI is InChI=1S/C18H35N3O4/c1-10(2)9-12(13(11(3)4)16(23)21-25)15(22)20-14(17(24)19-8)18(5,6)7/h10-14,25H,9H2,1-8H3,(H,19,24)(H,20,22)(H,21,23)/t12-,13+,14-/m1/s1. The van der Waals surface area contributed by atoms with E-state index < -0.39 is 29.2 Å². The molecule has 0 rings (SSSR count). The van der Waals surface area contributed by atoms with Gasteiger partial charge in [-0.05, 0) is 23.7 Å². The number of nitrogens with one attached hydrogen (secondary N) is 3. The monoisotopic (exact) mass is 357 g/mol. The van der Waals surface area contributed by atoms with E-state index >= 15 is 0 Å². The average Bonchev–Trinajstić information content (AvgIpc) is 2.48. The predicted molar refractivity (Wildman–Crippen MR) is 96.7 cm³/mol. The molecule has 0 aliphatic rings. The second kappa shape index (κ2) is 9.75. The zero-order chi connectivity index (χ0) is 19.9. The quantitative estimate of drug-likeness (QED) is 0.392. The lowest BCUT2D eigenvalue weighted by molar-refractivity contribution is -0.144. The Labute approximate surface area is 151 Å². The Morgan fingerprint density at radius 3 is 1.80 bits per heavy atom. The van der Waals surface area contributed by atoms with Crippen LogP contribution in [0.1, 0.15) is 54.9 Å². The summed E-state index contributed by atoms with van der Waals surface area (Å²) in [6.45, 7) is 13.2. The summed E-state index contributed by atoms with van der Waals surface area (Å²) in [6, 6.07) is -0.718. The fourth-order valence-electron chi connectivity index (χ4n) is 3.02. The fraction of sp³-hybridized carbons (Fsp3) is 0.833. The van der Waals surface area contributed by atoms with Gasteiger partial charge in [-0.25, -0.2) is 5.48 Å². The van der Waals surface area contributed by atoms with Gasteiger partial charge in [-0.1, -0.05) is 48.5 Å². The van der Waals surface area contributed by atoms with Gasteiger partial charge in [0.2, 0.25) is 17.7 Å². The number of likely N-dealkylation sites (N-methyl/N-ethyl adjacent to an activating group) is 1. The predicted octanol–water partition coefficient (Wildman–Crippen LogP) is 1.70. The highest BCUT2D eigenvalue weighted by atomic mass is 16.5. The van der Waals surface area contributed by atoms with Crippen molar-refractivity contribution in [1.29, 1.82) is 0 Å². The Morgan fingerprint density at radius 1 is 0.960 bits per heavy atom. The smallest absolute Gasteiger partial charge is 0.247 e. The van der Waals surface area contributed by atoms with Crippen LogP contribution in [0.2, 0.25) is 0 Å². The van der Waals surface area contributed by atoms with Gasteiger partial charge in [0.25, 0.3) is 0 Å². The molecule has 3 amide bonds. The number of hydrogen-bond acceptors (Lipinski definition) is 4. The van der Waals surface area contributed by atoms with E-state index in [9.17, 15) is 14.4 Å². The summed E-state index contributed by atoms with van der Waals surface area (Å²) in [5, 5.41) is 14.4. The molecule has 0 radical (unpaired) electrons. The molecule has 0 aliphatic carbocycles. The van der Waals surface area contributed by atoms with Crippen LogP contribution in [0.25, 0.3) is 0 Å². The summed E-state index contributed by atoms with van der Waals surface area (Å²) in [6.07, 6.45) is 0.479. The molecule has 0 heterocycles. The molecule has 25 heavy (non-hydrogen) atoms. The second-order valence-corrected chi connectivity index (χ2v) is 8.40. The molecule has 0 saturated carbocycles. The lowest BCUT2D eigenvalue weighted by atomic mass is 9.77. The fourth-order valence-corrected chi connectivity index (χ4v) is 3.02. The van der Waals surface area contributed by atoms with Gasteiger partial charge < -0.3 is 10.6 Å². The van der Waals surface area contributed by atoms with Gasteiger partial charge in [0.1, 0.15) is 6.04 Å². The van der Waals surface area contributed by atoms with E-state index in [-0.39, 0.29) is 23.7 Å². The molecule has 4 N–H and O–H groups in total. The van der Waals surface area contributed by atoms with Crippen molar-refractivity contribution in [1.82, 2.24) is 16.1 Å². The van der Waals surface area contributed by atoms with Crippen LogP contribution >= 0.6 is 0 Å². The van der Waals surface area contributed by atoms with Crippen molar-refractivity contribution in [3.8, 4) is 0 Å². The maximum Gasteiger partial charge on any atom is 0.247 e. The van der Waals surface area contributed by atoms with E-state index in [2.05, 4.69) is 10.6 Å². The van der Waals surface area contributed by atoms with Crippen molar-refractivity contribution in [3.63, 3.8) is 0 Å². The number of hydroxylamine groups is 1. The lowest BCUT2D eigenvalue weighted by Gasteiger charge is -2.34. The van der Waals surface area contributed by atoms with Crippen LogP contribution in [0, 0.1) is 29.1 Å². The SMILES string of the molecule is CNC(=O)[C@@H](NC(=O)[C@H](CC(C)C)[C@@H](C(=O)NO)C(C)C)C(C)(C)C. The Balaban J connectivity index is 5.68. The third-order valence-corrected chi connectivity index (χ3v) is 4.29. The first-order chi connectivity index (χ1) is 11.4. The first-order valence-electron chi connectivity index (χ1n) is 8.82. The lowest BCUT2D eigenvalue weighted by Crippen LogP contribution is -2.55. The minimum atomic E-state index is -0.718. The van der Waals surface area contributed by atoms with Crippen molar-refractivity contribution in [2.75, 3.05) is 7.05 Å². The van der Waals surface area contributed by atoms with E-state index in [0.717, 1.165) is 0 Å². The minimum Gasteiger partial charge on any atom is -0.357 e. The molecule has 7 heteroatoms. The molecular weight excluding hydrogens is 322 g/mol. The molecule has 0 bridgehead atoms. The van der Waals surface area contributed by atoms with E-state index in [4.69, 9.17) is 5.21 Å². The Morgan fingerprint density at radius 2 is 1.48 bits per heavy atom. The summed E-state index contributed by atoms with van der Waals surface area (Å²) in [5.41, 5.74) is 1.19. The zero-order valence-electron chi connectivity index (χ0n) is 16.8. The molecule has 0 spiro atoms. The van der Waals surface area contributed by atoms with E-state index in [1.807, 2.05) is 48.5 Å². The third-order valence-electron chi connectivity index (χ3n) is 4.29. The van der Waals surface area contributed by atoms with Gasteiger partial charge in [0, 0.05) is 7.05 Å². The second-order valence-electron chi connectivity index (χ2n) is 8.40. The maximum absolute atomic E-state index is 13.0. The van der Waals surface area contributed by atoms with Gasteiger partial charge in [-0.2, -0.15) is 0 Å². The molecule has 0 unspecified atom stereocenters. The molecule has 0 aromatic heterocycles. The normalized spacial score (nSPS) is 15.5. The van der Waals surface area contributed by atoms with E-state index in [1.54, 1.807) is 5.48 Å². The number of amides is 3. The summed E-state index contributed by atoms with van der Waals surface area (Å²) >= 11 is 0. The highest BCUT2D eigenvalue weighted by Crippen LogP contribution is 2.29.